The lowest BCUT2D eigenvalue weighted by Gasteiger charge is -2.24. The van der Waals surface area contributed by atoms with E-state index >= 15 is 4.39 Å². The van der Waals surface area contributed by atoms with E-state index in [-0.39, 0.29) is 33.9 Å². The number of hydrogen-bond acceptors (Lipinski definition) is 5. The largest absolute Gasteiger partial charge is 0.477 e. The van der Waals surface area contributed by atoms with E-state index < -0.39 is 22.8 Å². The Morgan fingerprint density at radius 1 is 1.35 bits per heavy atom. The van der Waals surface area contributed by atoms with Gasteiger partial charge in [-0.3, -0.25) is 4.79 Å². The minimum absolute atomic E-state index is 0.0206. The van der Waals surface area contributed by atoms with Crippen molar-refractivity contribution in [3.63, 3.8) is 0 Å². The van der Waals surface area contributed by atoms with Crippen molar-refractivity contribution >= 4 is 39.8 Å². The number of fused-ring (bicyclic) bond motifs is 1. The molecule has 7 nitrogen and oxygen atoms in total. The van der Waals surface area contributed by atoms with Gasteiger partial charge in [0.25, 0.3) is 0 Å². The van der Waals surface area contributed by atoms with Gasteiger partial charge in [0.05, 0.1) is 27.3 Å². The summed E-state index contributed by atoms with van der Waals surface area (Å²) in [4.78, 5) is 25.8. The Morgan fingerprint density at radius 3 is 2.58 bits per heavy atom. The van der Waals surface area contributed by atoms with Gasteiger partial charge < -0.3 is 26.0 Å². The van der Waals surface area contributed by atoms with Crippen molar-refractivity contribution in [3.8, 4) is 0 Å². The smallest absolute Gasteiger partial charge is 0.341 e. The van der Waals surface area contributed by atoms with Gasteiger partial charge in [0, 0.05) is 31.4 Å². The number of halogens is 2. The molecule has 0 radical (unpaired) electrons. The molecule has 0 amide bonds. The van der Waals surface area contributed by atoms with Gasteiger partial charge in [-0.1, -0.05) is 11.6 Å². The lowest BCUT2D eigenvalue weighted by Crippen LogP contribution is -2.28. The highest BCUT2D eigenvalue weighted by Gasteiger charge is 2.33. The van der Waals surface area contributed by atoms with Crippen LogP contribution < -0.4 is 21.8 Å². The minimum Gasteiger partial charge on any atom is -0.477 e. The first-order chi connectivity index (χ1) is 12.3. The van der Waals surface area contributed by atoms with Crippen LogP contribution in [0.3, 0.4) is 0 Å². The molecule has 1 aromatic carbocycles. The normalized spacial score (nSPS) is 20.1. The number of carboxylic acid groups (broad SMARTS) is 1. The molecule has 26 heavy (non-hydrogen) atoms. The lowest BCUT2D eigenvalue weighted by molar-refractivity contribution is 0.0695. The summed E-state index contributed by atoms with van der Waals surface area (Å²) in [7, 11) is 0. The fourth-order valence-corrected chi connectivity index (χ4v) is 4.01. The molecule has 1 aromatic heterocycles. The maximum atomic E-state index is 15.0. The van der Waals surface area contributed by atoms with E-state index in [4.69, 9.17) is 23.1 Å². The molecule has 9 heteroatoms. The first-order valence-corrected chi connectivity index (χ1v) is 8.78. The van der Waals surface area contributed by atoms with Crippen molar-refractivity contribution < 1.29 is 14.3 Å². The van der Waals surface area contributed by atoms with Crippen LogP contribution in [0.25, 0.3) is 10.9 Å². The average molecular weight is 381 g/mol. The molecule has 2 fully saturated rings. The quantitative estimate of drug-likeness (QED) is 0.701. The van der Waals surface area contributed by atoms with Gasteiger partial charge in [0.1, 0.15) is 5.56 Å². The number of aromatic nitrogens is 1. The Bertz CT molecular complexity index is 1000. The first-order valence-electron chi connectivity index (χ1n) is 8.40. The molecule has 4 rings (SSSR count). The van der Waals surface area contributed by atoms with E-state index in [2.05, 4.69) is 0 Å². The molecule has 1 saturated carbocycles. The Labute approximate surface area is 152 Å². The van der Waals surface area contributed by atoms with Gasteiger partial charge in [0.2, 0.25) is 5.43 Å². The number of benzene rings is 1. The second-order valence-corrected chi connectivity index (χ2v) is 7.30. The predicted molar refractivity (Wildman–Crippen MR) is 97.6 cm³/mol. The number of nitrogen functional groups attached to an aromatic ring is 1. The third kappa shape index (κ3) is 2.44. The Hall–Kier alpha value is -2.32. The number of carboxylic acids is 1. The summed E-state index contributed by atoms with van der Waals surface area (Å²) in [5, 5.41) is 9.23. The molecule has 2 aliphatic rings. The summed E-state index contributed by atoms with van der Waals surface area (Å²) in [5.41, 5.74) is 10.6. The zero-order valence-electron chi connectivity index (χ0n) is 13.8. The third-order valence-corrected chi connectivity index (χ3v) is 5.43. The lowest BCUT2D eigenvalue weighted by atomic mass is 10.1. The zero-order chi connectivity index (χ0) is 18.7. The fourth-order valence-electron chi connectivity index (χ4n) is 3.61. The highest BCUT2D eigenvalue weighted by Crippen LogP contribution is 2.44. The molecule has 138 valence electrons. The summed E-state index contributed by atoms with van der Waals surface area (Å²) in [6.45, 7) is 0.964. The van der Waals surface area contributed by atoms with Crippen molar-refractivity contribution in [2.45, 2.75) is 31.3 Å². The number of nitrogens with two attached hydrogens (primary N) is 2. The predicted octanol–water partition coefficient (Wildman–Crippen LogP) is 1.95. The summed E-state index contributed by atoms with van der Waals surface area (Å²) >= 11 is 6.54. The van der Waals surface area contributed by atoms with Crippen LogP contribution in [0.15, 0.2) is 11.0 Å². The number of pyridine rings is 1. The highest BCUT2D eigenvalue weighted by molar-refractivity contribution is 6.38. The van der Waals surface area contributed by atoms with Crippen molar-refractivity contribution in [3.05, 3.63) is 32.8 Å². The molecule has 0 unspecified atom stereocenters. The van der Waals surface area contributed by atoms with Crippen LogP contribution in [0.4, 0.5) is 15.8 Å². The monoisotopic (exact) mass is 380 g/mol. The Morgan fingerprint density at radius 2 is 2.04 bits per heavy atom. The van der Waals surface area contributed by atoms with Crippen LogP contribution in [0.1, 0.15) is 35.7 Å². The van der Waals surface area contributed by atoms with E-state index in [1.165, 1.54) is 6.20 Å². The number of hydrogen-bond donors (Lipinski definition) is 3. The number of rotatable bonds is 3. The van der Waals surface area contributed by atoms with E-state index in [9.17, 15) is 14.7 Å². The van der Waals surface area contributed by atoms with Crippen LogP contribution >= 0.6 is 11.6 Å². The summed E-state index contributed by atoms with van der Waals surface area (Å²) in [6.07, 6.45) is 3.64. The molecule has 1 atom stereocenters. The van der Waals surface area contributed by atoms with Crippen molar-refractivity contribution in [2.75, 3.05) is 23.7 Å². The van der Waals surface area contributed by atoms with Crippen LogP contribution in [0.5, 0.6) is 0 Å². The molecule has 0 spiro atoms. The maximum absolute atomic E-state index is 15.0. The third-order valence-electron chi connectivity index (χ3n) is 5.08. The number of carbonyl (C=O) groups is 1. The van der Waals surface area contributed by atoms with Crippen molar-refractivity contribution in [2.24, 2.45) is 5.73 Å². The van der Waals surface area contributed by atoms with Gasteiger partial charge in [-0.25, -0.2) is 9.18 Å². The van der Waals surface area contributed by atoms with Crippen LogP contribution in [-0.2, 0) is 0 Å². The van der Waals surface area contributed by atoms with Gasteiger partial charge in [-0.2, -0.15) is 0 Å². The topological polar surface area (TPSA) is 115 Å². The fraction of sp³-hybridized carbons (Fsp3) is 0.412. The Balaban J connectivity index is 2.09. The van der Waals surface area contributed by atoms with Gasteiger partial charge in [-0.15, -0.1) is 0 Å². The van der Waals surface area contributed by atoms with Crippen LogP contribution in [0.2, 0.25) is 5.02 Å². The van der Waals surface area contributed by atoms with Crippen molar-refractivity contribution in [1.82, 2.24) is 4.57 Å². The van der Waals surface area contributed by atoms with Crippen LogP contribution in [-0.4, -0.2) is 34.8 Å². The summed E-state index contributed by atoms with van der Waals surface area (Å²) < 4.78 is 16.7. The van der Waals surface area contributed by atoms with Gasteiger partial charge in [-0.05, 0) is 19.3 Å². The van der Waals surface area contributed by atoms with Crippen molar-refractivity contribution in [1.29, 1.82) is 0 Å². The molecule has 2 aromatic rings. The number of aromatic carboxylic acids is 1. The van der Waals surface area contributed by atoms with Gasteiger partial charge >= 0.3 is 5.97 Å². The highest BCUT2D eigenvalue weighted by atomic mass is 35.5. The van der Waals surface area contributed by atoms with E-state index in [1.807, 2.05) is 0 Å². The molecule has 0 bridgehead atoms. The SMILES string of the molecule is Nc1c(F)c(N2CC[C@H](N)C2)c(Cl)c2c1c(=O)c(C(=O)O)cn2C1CC1. The molecule has 5 N–H and O–H groups in total. The molecule has 1 aliphatic heterocycles. The zero-order valence-corrected chi connectivity index (χ0v) is 14.6. The molecular weight excluding hydrogens is 363 g/mol. The molecule has 1 aliphatic carbocycles. The number of nitrogens with zero attached hydrogens (tertiary/aromatic N) is 2. The Kier molecular flexibility index (Phi) is 3.85. The van der Waals surface area contributed by atoms with E-state index in [0.717, 1.165) is 12.8 Å². The maximum Gasteiger partial charge on any atom is 0.341 e. The molecule has 1 saturated heterocycles. The van der Waals surface area contributed by atoms with Crippen LogP contribution in [0, 0.1) is 5.82 Å². The average Bonchev–Trinajstić information content (AvgIpc) is 3.34. The minimum atomic E-state index is -1.38. The molecule has 2 heterocycles. The van der Waals surface area contributed by atoms with E-state index in [1.54, 1.807) is 9.47 Å². The molecular formula is C17H18ClFN4O3. The second kappa shape index (κ2) is 5.85. The summed E-state index contributed by atoms with van der Waals surface area (Å²) in [6, 6.07) is -0.0744. The standard InChI is InChI=1S/C17H18ClFN4O3/c18-11-14-10(13(21)12(19)15(11)22-4-3-7(20)5-22)16(24)9(17(25)26)6-23(14)8-1-2-8/h6-8H,1-5,20-21H2,(H,25,26)/t7-/m0/s1. The van der Waals surface area contributed by atoms with Gasteiger partial charge in [0.15, 0.2) is 5.82 Å². The first kappa shape index (κ1) is 17.1. The second-order valence-electron chi connectivity index (χ2n) is 6.92. The van der Waals surface area contributed by atoms with E-state index in [0.29, 0.717) is 25.0 Å². The summed E-state index contributed by atoms with van der Waals surface area (Å²) in [5.74, 6) is -2.18. The number of anilines is 2.